The number of alkyl halides is 1. The van der Waals surface area contributed by atoms with Gasteiger partial charge in [-0.05, 0) is 62.8 Å². The van der Waals surface area contributed by atoms with Crippen LogP contribution in [0.5, 0.6) is 11.6 Å². The lowest BCUT2D eigenvalue weighted by Crippen LogP contribution is -2.72. The average molecular weight is 497 g/mol. The van der Waals surface area contributed by atoms with E-state index in [0.717, 1.165) is 19.3 Å². The molecule has 0 unspecified atom stereocenters. The summed E-state index contributed by atoms with van der Waals surface area (Å²) < 4.78 is 34.4. The highest BCUT2D eigenvalue weighted by atomic mass is 19.1. The number of halogens is 2. The molecule has 2 fully saturated rings. The van der Waals surface area contributed by atoms with E-state index in [1.54, 1.807) is 24.4 Å². The van der Waals surface area contributed by atoms with E-state index in [9.17, 15) is 9.50 Å². The number of phenols is 1. The molecule has 2 aliphatic heterocycles. The zero-order valence-electron chi connectivity index (χ0n) is 20.8. The van der Waals surface area contributed by atoms with Gasteiger partial charge in [0.2, 0.25) is 11.8 Å². The molecule has 2 aromatic heterocycles. The number of rotatable bonds is 5. The molecule has 190 valence electrons. The van der Waals surface area contributed by atoms with E-state index in [2.05, 4.69) is 32.4 Å². The van der Waals surface area contributed by atoms with Gasteiger partial charge >= 0.3 is 0 Å². The summed E-state index contributed by atoms with van der Waals surface area (Å²) in [4.78, 5) is 9.86. The predicted octanol–water partition coefficient (Wildman–Crippen LogP) is 4.29. The highest BCUT2D eigenvalue weighted by molar-refractivity contribution is 5.73. The van der Waals surface area contributed by atoms with Crippen LogP contribution >= 0.6 is 0 Å². The molecule has 10 heteroatoms. The fraction of sp³-hybridized carbons (Fsp3) is 0.462. The number of pyridine rings is 1. The topological polar surface area (TPSA) is 96.3 Å². The molecule has 0 spiro atoms. The summed E-state index contributed by atoms with van der Waals surface area (Å²) in [6.07, 6.45) is 3.96. The molecule has 4 atom stereocenters. The molecule has 1 aromatic carbocycles. The number of piperidine rings is 2. The Hall–Kier alpha value is -3.40. The van der Waals surface area contributed by atoms with Crippen molar-refractivity contribution >= 4 is 5.82 Å². The number of phenolic OH excluding ortho intramolecular Hbond substituents is 1. The summed E-state index contributed by atoms with van der Waals surface area (Å²) >= 11 is 0. The highest BCUT2D eigenvalue weighted by Gasteiger charge is 2.53. The van der Waals surface area contributed by atoms with E-state index in [1.165, 1.54) is 19.2 Å². The van der Waals surface area contributed by atoms with Crippen molar-refractivity contribution in [2.24, 2.45) is 0 Å². The third-order valence-electron chi connectivity index (χ3n) is 7.58. The van der Waals surface area contributed by atoms with Gasteiger partial charge in [0, 0.05) is 30.3 Å². The Morgan fingerprint density at radius 3 is 2.64 bits per heavy atom. The summed E-state index contributed by atoms with van der Waals surface area (Å²) in [5.74, 6) is 0.0665. The standard InChI is InChI=1S/C26H30F2N6O2/c1-25-8-5-9-26(2,33-25)23(28)18(13-25)34(3)21-14-29-24(32-31-21)17-7-6-15(10-19(17)35)16-11-20(27)30-22(12-16)36-4/h6-7,10-12,14,18,23,33,35H,5,8-9,13H2,1-4H3/t18-,23-,25-,26+/m1/s1. The third kappa shape index (κ3) is 4.34. The Bertz CT molecular complexity index is 1280. The SMILES string of the molecule is COc1cc(-c2ccc(-c3ncc(N(C)[C@@H]4C[C@@]5(C)CCC[C@](C)(N5)[C@@H]4F)nn3)c(O)c2)cc(F)n1. The molecule has 0 saturated carbocycles. The van der Waals surface area contributed by atoms with E-state index in [0.29, 0.717) is 28.9 Å². The largest absolute Gasteiger partial charge is 0.507 e. The lowest BCUT2D eigenvalue weighted by molar-refractivity contribution is 0.00193. The summed E-state index contributed by atoms with van der Waals surface area (Å²) in [6.45, 7) is 4.12. The van der Waals surface area contributed by atoms with E-state index in [1.807, 2.05) is 18.9 Å². The van der Waals surface area contributed by atoms with Crippen LogP contribution in [0.1, 0.15) is 39.5 Å². The van der Waals surface area contributed by atoms with Crippen LogP contribution in [0.25, 0.3) is 22.5 Å². The molecule has 0 radical (unpaired) electrons. The van der Waals surface area contributed by atoms with E-state index >= 15 is 4.39 Å². The van der Waals surface area contributed by atoms with Crippen molar-refractivity contribution in [2.75, 3.05) is 19.1 Å². The lowest BCUT2D eigenvalue weighted by atomic mass is 9.68. The number of hydrogen-bond acceptors (Lipinski definition) is 8. The number of methoxy groups -OCH3 is 1. The van der Waals surface area contributed by atoms with Crippen molar-refractivity contribution in [2.45, 2.75) is 62.8 Å². The van der Waals surface area contributed by atoms with Gasteiger partial charge in [-0.3, -0.25) is 0 Å². The minimum absolute atomic E-state index is 0.0811. The number of aromatic hydroxyl groups is 1. The first kappa shape index (κ1) is 24.3. The van der Waals surface area contributed by atoms with Crippen LogP contribution in [0.2, 0.25) is 0 Å². The fourth-order valence-electron chi connectivity index (χ4n) is 5.71. The van der Waals surface area contributed by atoms with E-state index in [-0.39, 0.29) is 29.0 Å². The number of benzene rings is 1. The van der Waals surface area contributed by atoms with Gasteiger partial charge in [-0.1, -0.05) is 6.07 Å². The Balaban J connectivity index is 1.38. The minimum atomic E-state index is -1.06. The molecule has 0 aliphatic carbocycles. The van der Waals surface area contributed by atoms with Gasteiger partial charge in [-0.15, -0.1) is 10.2 Å². The maximum Gasteiger partial charge on any atom is 0.216 e. The van der Waals surface area contributed by atoms with Crippen molar-refractivity contribution in [3.05, 3.63) is 42.5 Å². The number of ether oxygens (including phenoxy) is 1. The fourth-order valence-corrected chi connectivity index (χ4v) is 5.71. The molecule has 2 saturated heterocycles. The number of aromatic nitrogens is 4. The van der Waals surface area contributed by atoms with Gasteiger partial charge in [-0.2, -0.15) is 9.37 Å². The number of anilines is 1. The first-order chi connectivity index (χ1) is 17.1. The molecular formula is C26H30F2N6O2. The van der Waals surface area contributed by atoms with Crippen LogP contribution in [0.15, 0.2) is 36.5 Å². The van der Waals surface area contributed by atoms with Gasteiger partial charge < -0.3 is 20.1 Å². The van der Waals surface area contributed by atoms with Crippen LogP contribution in [-0.2, 0) is 0 Å². The molecule has 0 amide bonds. The second kappa shape index (κ2) is 8.92. The molecule has 36 heavy (non-hydrogen) atoms. The second-order valence-corrected chi connectivity index (χ2v) is 10.3. The molecule has 2 aliphatic rings. The van der Waals surface area contributed by atoms with Gasteiger partial charge in [0.05, 0.1) is 24.9 Å². The summed E-state index contributed by atoms with van der Waals surface area (Å²) in [7, 11) is 3.23. The number of fused-ring (bicyclic) bond motifs is 2. The van der Waals surface area contributed by atoms with Gasteiger partial charge in [0.1, 0.15) is 11.9 Å². The Labute approximate surface area is 208 Å². The molecule has 2 bridgehead atoms. The quantitative estimate of drug-likeness (QED) is 0.505. The summed E-state index contributed by atoms with van der Waals surface area (Å²) in [6, 6.07) is 7.34. The Morgan fingerprint density at radius 1 is 1.14 bits per heavy atom. The van der Waals surface area contributed by atoms with Crippen LogP contribution in [0.3, 0.4) is 0 Å². The van der Waals surface area contributed by atoms with Crippen molar-refractivity contribution in [3.63, 3.8) is 0 Å². The Morgan fingerprint density at radius 2 is 1.94 bits per heavy atom. The van der Waals surface area contributed by atoms with Crippen molar-refractivity contribution in [3.8, 4) is 34.1 Å². The molecule has 8 nitrogen and oxygen atoms in total. The van der Waals surface area contributed by atoms with Gasteiger partial charge in [-0.25, -0.2) is 9.37 Å². The number of nitrogens with one attached hydrogen (secondary N) is 1. The zero-order chi connectivity index (χ0) is 25.7. The van der Waals surface area contributed by atoms with Crippen LogP contribution < -0.4 is 15.0 Å². The Kier molecular flexibility index (Phi) is 6.02. The molecule has 2 N–H and O–H groups in total. The van der Waals surface area contributed by atoms with E-state index in [4.69, 9.17) is 4.74 Å². The summed E-state index contributed by atoms with van der Waals surface area (Å²) in [5, 5.41) is 22.7. The van der Waals surface area contributed by atoms with Crippen LogP contribution in [-0.4, -0.2) is 62.7 Å². The van der Waals surface area contributed by atoms with Crippen molar-refractivity contribution < 1.29 is 18.6 Å². The second-order valence-electron chi connectivity index (χ2n) is 10.3. The number of hydrogen-bond donors (Lipinski definition) is 2. The molecule has 3 aromatic rings. The molecule has 5 rings (SSSR count). The minimum Gasteiger partial charge on any atom is -0.507 e. The number of nitrogens with zero attached hydrogens (tertiary/aromatic N) is 5. The third-order valence-corrected chi connectivity index (χ3v) is 7.58. The average Bonchev–Trinajstić information content (AvgIpc) is 2.85. The smallest absolute Gasteiger partial charge is 0.216 e. The van der Waals surface area contributed by atoms with Crippen LogP contribution in [0.4, 0.5) is 14.6 Å². The van der Waals surface area contributed by atoms with Crippen LogP contribution in [0, 0.1) is 5.95 Å². The molecule has 4 heterocycles. The van der Waals surface area contributed by atoms with Gasteiger partial charge in [0.15, 0.2) is 11.6 Å². The van der Waals surface area contributed by atoms with Crippen molar-refractivity contribution in [1.29, 1.82) is 0 Å². The van der Waals surface area contributed by atoms with Crippen molar-refractivity contribution in [1.82, 2.24) is 25.5 Å². The zero-order valence-corrected chi connectivity index (χ0v) is 20.8. The van der Waals surface area contributed by atoms with E-state index < -0.39 is 17.7 Å². The monoisotopic (exact) mass is 496 g/mol. The molecular weight excluding hydrogens is 466 g/mol. The summed E-state index contributed by atoms with van der Waals surface area (Å²) in [5.41, 5.74) is 0.770. The normalized spacial score (nSPS) is 27.5. The maximum atomic E-state index is 15.6. The lowest BCUT2D eigenvalue weighted by Gasteiger charge is -2.56. The maximum absolute atomic E-state index is 15.6. The first-order valence-electron chi connectivity index (χ1n) is 12.0. The first-order valence-corrected chi connectivity index (χ1v) is 12.0. The van der Waals surface area contributed by atoms with Gasteiger partial charge in [0.25, 0.3) is 0 Å². The predicted molar refractivity (Wildman–Crippen MR) is 132 cm³/mol. The highest BCUT2D eigenvalue weighted by Crippen LogP contribution is 2.43.